The number of rotatable bonds is 4. The molecule has 1 aromatic heterocycles. The first-order chi connectivity index (χ1) is 28.3. The van der Waals surface area contributed by atoms with Crippen LogP contribution >= 0.6 is 11.3 Å². The van der Waals surface area contributed by atoms with Gasteiger partial charge < -0.3 is 0 Å². The zero-order chi connectivity index (χ0) is 37.5. The molecule has 0 radical (unpaired) electrons. The van der Waals surface area contributed by atoms with Crippen LogP contribution in [-0.2, 0) is 0 Å². The number of hydrogen-bond donors (Lipinski definition) is 0. The number of fused-ring (bicyclic) bond motifs is 10. The first-order valence-electron chi connectivity index (χ1n) is 19.7. The minimum absolute atomic E-state index is 1.23. The van der Waals surface area contributed by atoms with Crippen LogP contribution in [0.15, 0.2) is 206 Å². The zero-order valence-corrected chi connectivity index (χ0v) is 31.9. The Balaban J connectivity index is 1.11. The van der Waals surface area contributed by atoms with Crippen LogP contribution < -0.4 is 0 Å². The molecule has 0 saturated carbocycles. The van der Waals surface area contributed by atoms with Crippen molar-refractivity contribution < 1.29 is 0 Å². The Morgan fingerprint density at radius 2 is 0.772 bits per heavy atom. The van der Waals surface area contributed by atoms with Gasteiger partial charge in [-0.3, -0.25) is 0 Å². The van der Waals surface area contributed by atoms with Crippen LogP contribution in [0.5, 0.6) is 0 Å². The van der Waals surface area contributed by atoms with Crippen molar-refractivity contribution in [2.45, 2.75) is 0 Å². The molecule has 57 heavy (non-hydrogen) atoms. The Hall–Kier alpha value is -7.06. The van der Waals surface area contributed by atoms with Gasteiger partial charge in [0.25, 0.3) is 0 Å². The van der Waals surface area contributed by atoms with Crippen molar-refractivity contribution >= 4 is 85.4 Å². The van der Waals surface area contributed by atoms with Crippen LogP contribution in [0.3, 0.4) is 0 Å². The molecule has 0 amide bonds. The van der Waals surface area contributed by atoms with E-state index in [1.165, 1.54) is 119 Å². The highest BCUT2D eigenvalue weighted by Gasteiger charge is 2.21. The molecule has 12 aromatic rings. The minimum Gasteiger partial charge on any atom is -0.134 e. The van der Waals surface area contributed by atoms with E-state index in [0.717, 1.165) is 0 Å². The second kappa shape index (κ2) is 12.7. The van der Waals surface area contributed by atoms with Gasteiger partial charge in [0.2, 0.25) is 0 Å². The van der Waals surface area contributed by atoms with E-state index in [4.69, 9.17) is 0 Å². The average molecular weight is 739 g/mol. The summed E-state index contributed by atoms with van der Waals surface area (Å²) < 4.78 is 2.70. The molecule has 0 bridgehead atoms. The maximum absolute atomic E-state index is 2.43. The SMILES string of the molecule is c1ccc(-c2ccc(-c3c4ccccc4c(-c4cccc(-c5cc6ccccc6c6c5sc5c7ccccc7ccc56)c4)c4ccccc34)c3ccccc23)cc1. The molecule has 11 aromatic carbocycles. The minimum atomic E-state index is 1.23. The quantitative estimate of drug-likeness (QED) is 0.158. The van der Waals surface area contributed by atoms with Crippen LogP contribution in [0, 0.1) is 0 Å². The largest absolute Gasteiger partial charge is 0.134 e. The van der Waals surface area contributed by atoms with E-state index in [2.05, 4.69) is 206 Å². The van der Waals surface area contributed by atoms with E-state index >= 15 is 0 Å². The summed E-state index contributed by atoms with van der Waals surface area (Å²) in [6, 6.07) is 76.4. The molecule has 0 aliphatic rings. The lowest BCUT2D eigenvalue weighted by Crippen LogP contribution is -1.92. The fourth-order valence-electron chi connectivity index (χ4n) is 9.53. The molecule has 0 saturated heterocycles. The molecule has 264 valence electrons. The first-order valence-corrected chi connectivity index (χ1v) is 20.5. The van der Waals surface area contributed by atoms with Gasteiger partial charge in [-0.2, -0.15) is 0 Å². The first kappa shape index (κ1) is 32.2. The Morgan fingerprint density at radius 3 is 1.49 bits per heavy atom. The number of benzene rings is 11. The smallest absolute Gasteiger partial charge is 0.0440 e. The second-order valence-electron chi connectivity index (χ2n) is 15.1. The molecule has 0 nitrogen and oxygen atoms in total. The molecule has 1 heteroatoms. The fraction of sp³-hybridized carbons (Fsp3) is 0. The summed E-state index contributed by atoms with van der Waals surface area (Å²) in [4.78, 5) is 0. The Kier molecular flexibility index (Phi) is 7.20. The standard InChI is InChI=1S/C56H34S/c1-2-15-35(16-3-1)40-31-32-49(44-24-9-8-23-43(40)44)53-47-27-12-10-25-45(47)52(46-26-11-13-28-48(46)53)39-20-14-19-37(33-39)51-34-38-18-5-6-21-41(38)54-50-30-29-36-17-4-7-22-42(36)55(50)57-56(51)54/h1-34H. The van der Waals surface area contributed by atoms with Gasteiger partial charge >= 0.3 is 0 Å². The highest BCUT2D eigenvalue weighted by Crippen LogP contribution is 2.49. The fourth-order valence-corrected chi connectivity index (χ4v) is 10.9. The molecule has 0 spiro atoms. The highest BCUT2D eigenvalue weighted by atomic mass is 32.1. The van der Waals surface area contributed by atoms with Crippen LogP contribution in [0.2, 0.25) is 0 Å². The van der Waals surface area contributed by atoms with Crippen LogP contribution in [-0.4, -0.2) is 0 Å². The summed E-state index contributed by atoms with van der Waals surface area (Å²) in [5.74, 6) is 0. The molecule has 0 atom stereocenters. The summed E-state index contributed by atoms with van der Waals surface area (Å²) in [7, 11) is 0. The van der Waals surface area contributed by atoms with Gasteiger partial charge in [-0.1, -0.05) is 194 Å². The third-order valence-corrected chi connectivity index (χ3v) is 13.3. The Bertz CT molecular complexity index is 3510. The van der Waals surface area contributed by atoms with E-state index in [0.29, 0.717) is 0 Å². The topological polar surface area (TPSA) is 0 Å². The van der Waals surface area contributed by atoms with Gasteiger partial charge in [0, 0.05) is 25.7 Å². The van der Waals surface area contributed by atoms with Crippen molar-refractivity contribution in [3.8, 4) is 44.5 Å². The van der Waals surface area contributed by atoms with E-state index in [1.54, 1.807) is 0 Å². The lowest BCUT2D eigenvalue weighted by Gasteiger charge is -2.20. The van der Waals surface area contributed by atoms with E-state index in [1.807, 2.05) is 11.3 Å². The maximum Gasteiger partial charge on any atom is 0.0440 e. The van der Waals surface area contributed by atoms with E-state index in [-0.39, 0.29) is 0 Å². The Morgan fingerprint density at radius 1 is 0.246 bits per heavy atom. The van der Waals surface area contributed by atoms with Crippen molar-refractivity contribution in [2.75, 3.05) is 0 Å². The second-order valence-corrected chi connectivity index (χ2v) is 16.1. The molecule has 0 N–H and O–H groups in total. The molecule has 0 unspecified atom stereocenters. The number of thiophene rings is 1. The van der Waals surface area contributed by atoms with Crippen LogP contribution in [0.4, 0.5) is 0 Å². The van der Waals surface area contributed by atoms with Gasteiger partial charge in [-0.15, -0.1) is 11.3 Å². The van der Waals surface area contributed by atoms with E-state index in [9.17, 15) is 0 Å². The molecule has 1 heterocycles. The van der Waals surface area contributed by atoms with Crippen molar-refractivity contribution in [3.63, 3.8) is 0 Å². The predicted molar refractivity (Wildman–Crippen MR) is 249 cm³/mol. The van der Waals surface area contributed by atoms with Gasteiger partial charge in [-0.05, 0) is 105 Å². The number of hydrogen-bond acceptors (Lipinski definition) is 1. The van der Waals surface area contributed by atoms with Gasteiger partial charge in [0.15, 0.2) is 0 Å². The summed E-state index contributed by atoms with van der Waals surface area (Å²) >= 11 is 1.93. The summed E-state index contributed by atoms with van der Waals surface area (Å²) in [5, 5.41) is 15.4. The molecular weight excluding hydrogens is 705 g/mol. The predicted octanol–water partition coefficient (Wildman–Crippen LogP) is 16.5. The van der Waals surface area contributed by atoms with Crippen molar-refractivity contribution in [1.29, 1.82) is 0 Å². The third kappa shape index (κ3) is 4.93. The molecular formula is C56H34S. The summed E-state index contributed by atoms with van der Waals surface area (Å²) in [6.07, 6.45) is 0. The monoisotopic (exact) mass is 738 g/mol. The van der Waals surface area contributed by atoms with E-state index < -0.39 is 0 Å². The molecule has 0 aliphatic carbocycles. The zero-order valence-electron chi connectivity index (χ0n) is 31.0. The van der Waals surface area contributed by atoms with Crippen molar-refractivity contribution in [2.24, 2.45) is 0 Å². The van der Waals surface area contributed by atoms with Gasteiger partial charge in [0.05, 0.1) is 0 Å². The average Bonchev–Trinajstić information content (AvgIpc) is 3.69. The lowest BCUT2D eigenvalue weighted by molar-refractivity contribution is 1.64. The normalized spacial score (nSPS) is 11.9. The summed E-state index contributed by atoms with van der Waals surface area (Å²) in [5.41, 5.74) is 10.0. The van der Waals surface area contributed by atoms with Crippen LogP contribution in [0.25, 0.3) is 119 Å². The molecule has 0 aliphatic heterocycles. The third-order valence-electron chi connectivity index (χ3n) is 12.0. The maximum atomic E-state index is 2.43. The van der Waals surface area contributed by atoms with Gasteiger partial charge in [0.1, 0.15) is 0 Å². The van der Waals surface area contributed by atoms with Crippen LogP contribution in [0.1, 0.15) is 0 Å². The van der Waals surface area contributed by atoms with Crippen molar-refractivity contribution in [3.05, 3.63) is 206 Å². The lowest BCUT2D eigenvalue weighted by atomic mass is 9.83. The van der Waals surface area contributed by atoms with Gasteiger partial charge in [-0.25, -0.2) is 0 Å². The highest BCUT2D eigenvalue weighted by molar-refractivity contribution is 7.27. The summed E-state index contributed by atoms with van der Waals surface area (Å²) in [6.45, 7) is 0. The molecule has 12 rings (SSSR count). The Labute approximate surface area is 334 Å². The van der Waals surface area contributed by atoms with Crippen molar-refractivity contribution in [1.82, 2.24) is 0 Å². The molecule has 0 fully saturated rings.